The molecule has 0 spiro atoms. The van der Waals surface area contributed by atoms with Crippen molar-refractivity contribution in [3.05, 3.63) is 53.8 Å². The van der Waals surface area contributed by atoms with E-state index in [0.29, 0.717) is 29.1 Å². The monoisotopic (exact) mass is 314 g/mol. The van der Waals surface area contributed by atoms with Crippen LogP contribution in [-0.2, 0) is 5.41 Å². The van der Waals surface area contributed by atoms with Gasteiger partial charge in [-0.2, -0.15) is 0 Å². The summed E-state index contributed by atoms with van der Waals surface area (Å²) in [6.45, 7) is 4.95. The molecule has 0 bridgehead atoms. The van der Waals surface area contributed by atoms with Crippen molar-refractivity contribution in [2.45, 2.75) is 19.3 Å². The Kier molecular flexibility index (Phi) is 3.94. The fraction of sp³-hybridized carbons (Fsp3) is 0.278. The number of halogens is 1. The first-order valence-corrected chi connectivity index (χ1v) is 7.43. The molecule has 0 atom stereocenters. The molecule has 0 amide bonds. The van der Waals surface area contributed by atoms with Crippen LogP contribution in [0.25, 0.3) is 11.0 Å². The van der Waals surface area contributed by atoms with Crippen molar-refractivity contribution in [3.8, 4) is 5.75 Å². The van der Waals surface area contributed by atoms with Crippen LogP contribution in [0.4, 0.5) is 10.2 Å². The minimum Gasteiger partial charge on any atom is -0.496 e. The minimum atomic E-state index is -0.415. The summed E-state index contributed by atoms with van der Waals surface area (Å²) in [5, 5.41) is 7.95. The molecule has 1 N–H and O–H groups in total. The number of rotatable bonds is 5. The number of hydrogen-bond acceptors (Lipinski definition) is 4. The number of hydrogen-bond donors (Lipinski definition) is 1. The van der Waals surface area contributed by atoms with E-state index in [-0.39, 0.29) is 5.41 Å². The number of nitrogens with one attached hydrogen (secondary N) is 1. The van der Waals surface area contributed by atoms with E-state index in [0.717, 1.165) is 0 Å². The maximum atomic E-state index is 13.5. The van der Waals surface area contributed by atoms with Gasteiger partial charge in [0, 0.05) is 24.1 Å². The fourth-order valence-corrected chi connectivity index (χ4v) is 2.58. The van der Waals surface area contributed by atoms with E-state index in [9.17, 15) is 4.39 Å². The Morgan fingerprint density at radius 2 is 1.96 bits per heavy atom. The van der Waals surface area contributed by atoms with Gasteiger partial charge in [-0.1, -0.05) is 49.3 Å². The molecule has 0 saturated carbocycles. The quantitative estimate of drug-likeness (QED) is 0.760. The smallest absolute Gasteiger partial charge is 0.181 e. The van der Waals surface area contributed by atoms with Gasteiger partial charge in [-0.3, -0.25) is 0 Å². The summed E-state index contributed by atoms with van der Waals surface area (Å²) in [5.41, 5.74) is 1.49. The topological polar surface area (TPSA) is 47.3 Å². The molecule has 120 valence electrons. The van der Waals surface area contributed by atoms with Crippen LogP contribution >= 0.6 is 0 Å². The summed E-state index contributed by atoms with van der Waals surface area (Å²) >= 11 is 0. The second-order valence-corrected chi connectivity index (χ2v) is 6.12. The van der Waals surface area contributed by atoms with E-state index in [2.05, 4.69) is 36.5 Å². The molecular formula is C18H19FN2O2. The Morgan fingerprint density at radius 1 is 1.22 bits per heavy atom. The summed E-state index contributed by atoms with van der Waals surface area (Å²) in [7, 11) is 1.50. The van der Waals surface area contributed by atoms with Crippen LogP contribution in [0.2, 0.25) is 0 Å². The zero-order valence-electron chi connectivity index (χ0n) is 13.4. The molecular weight excluding hydrogens is 295 g/mol. The number of methoxy groups -OCH3 is 1. The number of fused-ring (bicyclic) bond motifs is 1. The summed E-state index contributed by atoms with van der Waals surface area (Å²) < 4.78 is 24.0. The number of nitrogens with zero attached hydrogens (tertiary/aromatic N) is 1. The molecule has 23 heavy (non-hydrogen) atoms. The Balaban J connectivity index is 1.88. The predicted octanol–water partition coefficient (Wildman–Crippen LogP) is 4.37. The van der Waals surface area contributed by atoms with Crippen molar-refractivity contribution in [1.29, 1.82) is 0 Å². The molecule has 2 aromatic carbocycles. The third-order valence-electron chi connectivity index (χ3n) is 3.98. The fourth-order valence-electron chi connectivity index (χ4n) is 2.58. The lowest BCUT2D eigenvalue weighted by atomic mass is 9.84. The lowest BCUT2D eigenvalue weighted by Gasteiger charge is -2.25. The lowest BCUT2D eigenvalue weighted by molar-refractivity contribution is 0.415. The summed E-state index contributed by atoms with van der Waals surface area (Å²) in [4.78, 5) is 0. The van der Waals surface area contributed by atoms with Crippen molar-refractivity contribution in [1.82, 2.24) is 5.16 Å². The van der Waals surface area contributed by atoms with E-state index >= 15 is 0 Å². The summed E-state index contributed by atoms with van der Waals surface area (Å²) in [6, 6.07) is 12.9. The van der Waals surface area contributed by atoms with Gasteiger partial charge in [-0.15, -0.1) is 0 Å². The van der Waals surface area contributed by atoms with Crippen molar-refractivity contribution in [2.24, 2.45) is 0 Å². The highest BCUT2D eigenvalue weighted by Gasteiger charge is 2.22. The molecule has 0 aliphatic carbocycles. The van der Waals surface area contributed by atoms with Crippen LogP contribution in [-0.4, -0.2) is 18.8 Å². The summed E-state index contributed by atoms with van der Waals surface area (Å²) in [5.74, 6) is 0.545. The Hall–Kier alpha value is -2.56. The molecule has 0 aliphatic heterocycles. The molecule has 4 nitrogen and oxygen atoms in total. The van der Waals surface area contributed by atoms with Crippen molar-refractivity contribution >= 4 is 16.8 Å². The molecule has 0 radical (unpaired) electrons. The second-order valence-electron chi connectivity index (χ2n) is 6.12. The first-order chi connectivity index (χ1) is 11.0. The van der Waals surface area contributed by atoms with Crippen LogP contribution in [0.1, 0.15) is 19.4 Å². The Labute approximate surface area is 134 Å². The minimum absolute atomic E-state index is 0.0974. The highest BCUT2D eigenvalue weighted by Crippen LogP contribution is 2.34. The van der Waals surface area contributed by atoms with Crippen LogP contribution in [0.15, 0.2) is 47.0 Å². The van der Waals surface area contributed by atoms with E-state index in [1.54, 1.807) is 0 Å². The van der Waals surface area contributed by atoms with Gasteiger partial charge in [-0.05, 0) is 5.56 Å². The first-order valence-electron chi connectivity index (χ1n) is 7.43. The zero-order valence-corrected chi connectivity index (χ0v) is 13.4. The van der Waals surface area contributed by atoms with Crippen LogP contribution in [0, 0.1) is 5.82 Å². The maximum absolute atomic E-state index is 13.5. The van der Waals surface area contributed by atoms with Crippen LogP contribution in [0.5, 0.6) is 5.75 Å². The Bertz CT molecular complexity index is 813. The van der Waals surface area contributed by atoms with Gasteiger partial charge in [-0.25, -0.2) is 4.39 Å². The Morgan fingerprint density at radius 3 is 2.65 bits per heavy atom. The molecule has 0 saturated heterocycles. The second kappa shape index (κ2) is 5.91. The average molecular weight is 314 g/mol. The van der Waals surface area contributed by atoms with Crippen LogP contribution < -0.4 is 10.1 Å². The molecule has 0 unspecified atom stereocenters. The van der Waals surface area contributed by atoms with Gasteiger partial charge in [0.2, 0.25) is 0 Å². The molecule has 0 fully saturated rings. The standard InChI is InChI=1S/C18H19FN2O2/c1-18(2,12-7-5-4-6-8-12)11-20-17-16-14(22-3)9-13(19)10-15(16)23-21-17/h4-10H,11H2,1-3H3,(H,20,21). The lowest BCUT2D eigenvalue weighted by Crippen LogP contribution is -2.27. The first kappa shape index (κ1) is 15.3. The van der Waals surface area contributed by atoms with E-state index in [4.69, 9.17) is 9.26 Å². The predicted molar refractivity (Wildman–Crippen MR) is 88.5 cm³/mol. The number of aromatic nitrogens is 1. The molecule has 3 aromatic rings. The summed E-state index contributed by atoms with van der Waals surface area (Å²) in [6.07, 6.45) is 0. The van der Waals surface area contributed by atoms with E-state index in [1.807, 2.05) is 18.2 Å². The largest absolute Gasteiger partial charge is 0.496 e. The van der Waals surface area contributed by atoms with Gasteiger partial charge >= 0.3 is 0 Å². The third kappa shape index (κ3) is 2.99. The van der Waals surface area contributed by atoms with E-state index in [1.165, 1.54) is 24.8 Å². The molecule has 1 aromatic heterocycles. The van der Waals surface area contributed by atoms with Crippen molar-refractivity contribution in [3.63, 3.8) is 0 Å². The highest BCUT2D eigenvalue weighted by molar-refractivity contribution is 5.93. The van der Waals surface area contributed by atoms with Gasteiger partial charge in [0.1, 0.15) is 17.0 Å². The molecule has 5 heteroatoms. The maximum Gasteiger partial charge on any atom is 0.181 e. The number of ether oxygens (including phenoxy) is 1. The van der Waals surface area contributed by atoms with Gasteiger partial charge < -0.3 is 14.6 Å². The average Bonchev–Trinajstić information content (AvgIpc) is 2.96. The highest BCUT2D eigenvalue weighted by atomic mass is 19.1. The van der Waals surface area contributed by atoms with Gasteiger partial charge in [0.05, 0.1) is 7.11 Å². The number of anilines is 1. The number of benzene rings is 2. The van der Waals surface area contributed by atoms with Crippen LogP contribution in [0.3, 0.4) is 0 Å². The molecule has 1 heterocycles. The molecule has 3 rings (SSSR count). The third-order valence-corrected chi connectivity index (χ3v) is 3.98. The van der Waals surface area contributed by atoms with E-state index < -0.39 is 5.82 Å². The molecule has 0 aliphatic rings. The SMILES string of the molecule is COc1cc(F)cc2onc(NCC(C)(C)c3ccccc3)c12. The van der Waals surface area contributed by atoms with Crippen molar-refractivity contribution in [2.75, 3.05) is 19.0 Å². The zero-order chi connectivity index (χ0) is 16.4. The van der Waals surface area contributed by atoms with Gasteiger partial charge in [0.25, 0.3) is 0 Å². The normalized spacial score (nSPS) is 11.7. The van der Waals surface area contributed by atoms with Gasteiger partial charge in [0.15, 0.2) is 11.4 Å². The van der Waals surface area contributed by atoms with Crippen molar-refractivity contribution < 1.29 is 13.7 Å².